The Morgan fingerprint density at radius 2 is 1.91 bits per heavy atom. The minimum absolute atomic E-state index is 0.0162. The molecule has 0 saturated heterocycles. The Kier molecular flexibility index (Phi) is 2.40. The van der Waals surface area contributed by atoms with Crippen molar-refractivity contribution in [3.05, 3.63) is 18.5 Å². The van der Waals surface area contributed by atoms with Crippen molar-refractivity contribution in [2.45, 2.75) is 5.16 Å². The van der Waals surface area contributed by atoms with Gasteiger partial charge in [0, 0.05) is 19.4 Å². The zero-order chi connectivity index (χ0) is 8.32. The van der Waals surface area contributed by atoms with Crippen molar-refractivity contribution in [1.82, 2.24) is 14.7 Å². The van der Waals surface area contributed by atoms with Crippen LogP contribution in [-0.4, -0.2) is 26.1 Å². The van der Waals surface area contributed by atoms with Crippen LogP contribution in [0.4, 0.5) is 0 Å². The summed E-state index contributed by atoms with van der Waals surface area (Å²) in [6, 6.07) is 1.61. The van der Waals surface area contributed by atoms with E-state index in [1.807, 2.05) is 0 Å². The summed E-state index contributed by atoms with van der Waals surface area (Å²) in [6.07, 6.45) is 2.90. The summed E-state index contributed by atoms with van der Waals surface area (Å²) in [5, 5.41) is 0.0162. The number of nitrogens with zero attached hydrogens (tertiary/aromatic N) is 2. The molecule has 62 valence electrons. The van der Waals surface area contributed by atoms with E-state index in [1.165, 1.54) is 19.4 Å². The normalized spacial score (nSPS) is 13.0. The van der Waals surface area contributed by atoms with Crippen molar-refractivity contribution >= 4 is 10.8 Å². The molecular weight excluding hydrogens is 166 g/mol. The second kappa shape index (κ2) is 3.14. The van der Waals surface area contributed by atoms with Crippen molar-refractivity contribution in [2.24, 2.45) is 0 Å². The van der Waals surface area contributed by atoms with Gasteiger partial charge in [-0.2, -0.15) is 0 Å². The highest BCUT2D eigenvalue weighted by atomic mass is 32.3. The van der Waals surface area contributed by atoms with Crippen LogP contribution in [0.25, 0.3) is 0 Å². The molecule has 0 aliphatic carbocycles. The average molecular weight is 175 g/mol. The summed E-state index contributed by atoms with van der Waals surface area (Å²) in [5.74, 6) is 0. The first-order valence-electron chi connectivity index (χ1n) is 2.90. The number of nitrogens with one attached hydrogen (secondary N) is 1. The molecule has 5 nitrogen and oxygen atoms in total. The van der Waals surface area contributed by atoms with E-state index in [0.717, 1.165) is 0 Å². The van der Waals surface area contributed by atoms with Gasteiger partial charge in [-0.3, -0.25) is 9.11 Å². The SMILES string of the molecule is CNS(O)(O)c1ncccn1. The molecule has 0 saturated carbocycles. The molecule has 0 aliphatic rings. The zero-order valence-electron chi connectivity index (χ0n) is 5.93. The van der Waals surface area contributed by atoms with Crippen molar-refractivity contribution in [3.63, 3.8) is 0 Å². The molecule has 0 spiro atoms. The van der Waals surface area contributed by atoms with Gasteiger partial charge in [-0.25, -0.2) is 14.7 Å². The third-order valence-electron chi connectivity index (χ3n) is 1.08. The highest BCUT2D eigenvalue weighted by molar-refractivity contribution is 8.22. The summed E-state index contributed by atoms with van der Waals surface area (Å²) in [4.78, 5) is 7.37. The van der Waals surface area contributed by atoms with Crippen LogP contribution < -0.4 is 4.72 Å². The van der Waals surface area contributed by atoms with Crippen LogP contribution in [0.2, 0.25) is 0 Å². The van der Waals surface area contributed by atoms with E-state index >= 15 is 0 Å². The van der Waals surface area contributed by atoms with Crippen LogP contribution >= 0.6 is 10.8 Å². The average Bonchev–Trinajstić information content (AvgIpc) is 2.06. The third kappa shape index (κ3) is 1.87. The highest BCUT2D eigenvalue weighted by Gasteiger charge is 2.14. The predicted octanol–water partition coefficient (Wildman–Crippen LogP) is 0.721. The molecule has 1 heterocycles. The Morgan fingerprint density at radius 3 is 2.36 bits per heavy atom. The molecule has 0 atom stereocenters. The Hall–Kier alpha value is -0.690. The lowest BCUT2D eigenvalue weighted by Crippen LogP contribution is -2.16. The topological polar surface area (TPSA) is 78.3 Å². The van der Waals surface area contributed by atoms with Gasteiger partial charge in [0.25, 0.3) is 5.16 Å². The molecular formula is C5H9N3O2S. The number of hydrogen-bond donors (Lipinski definition) is 3. The molecule has 1 aromatic heterocycles. The Labute approximate surface area is 66.0 Å². The molecule has 3 N–H and O–H groups in total. The molecule has 0 fully saturated rings. The van der Waals surface area contributed by atoms with E-state index in [1.54, 1.807) is 6.07 Å². The fourth-order valence-corrected chi connectivity index (χ4v) is 1.12. The van der Waals surface area contributed by atoms with Crippen molar-refractivity contribution < 1.29 is 9.11 Å². The van der Waals surface area contributed by atoms with Gasteiger partial charge >= 0.3 is 0 Å². The third-order valence-corrected chi connectivity index (χ3v) is 2.37. The van der Waals surface area contributed by atoms with E-state index < -0.39 is 10.8 Å². The van der Waals surface area contributed by atoms with Crippen LogP contribution in [0, 0.1) is 0 Å². The molecule has 0 aliphatic heterocycles. The van der Waals surface area contributed by atoms with E-state index in [-0.39, 0.29) is 5.16 Å². The molecule has 0 unspecified atom stereocenters. The van der Waals surface area contributed by atoms with Crippen LogP contribution in [0.1, 0.15) is 0 Å². The fraction of sp³-hybridized carbons (Fsp3) is 0.200. The monoisotopic (exact) mass is 175 g/mol. The Bertz CT molecular complexity index is 228. The quantitative estimate of drug-likeness (QED) is 0.577. The molecule has 1 aromatic rings. The first kappa shape index (κ1) is 8.41. The molecule has 0 amide bonds. The van der Waals surface area contributed by atoms with Gasteiger partial charge in [-0.1, -0.05) is 10.8 Å². The van der Waals surface area contributed by atoms with Crippen LogP contribution in [0.5, 0.6) is 0 Å². The first-order valence-corrected chi connectivity index (χ1v) is 4.45. The molecule has 0 aromatic carbocycles. The fourth-order valence-electron chi connectivity index (χ4n) is 0.524. The first-order chi connectivity index (χ1) is 5.17. The van der Waals surface area contributed by atoms with E-state index in [9.17, 15) is 9.11 Å². The predicted molar refractivity (Wildman–Crippen MR) is 42.2 cm³/mol. The smallest absolute Gasteiger partial charge is 0.256 e. The van der Waals surface area contributed by atoms with Gasteiger partial charge in [-0.05, 0) is 6.07 Å². The summed E-state index contributed by atoms with van der Waals surface area (Å²) < 4.78 is 20.7. The van der Waals surface area contributed by atoms with Crippen LogP contribution in [0.15, 0.2) is 23.6 Å². The number of rotatable bonds is 2. The maximum absolute atomic E-state index is 9.20. The molecule has 0 bridgehead atoms. The van der Waals surface area contributed by atoms with Gasteiger partial charge in [-0.15, -0.1) is 0 Å². The lowest BCUT2D eigenvalue weighted by atomic mass is 10.7. The van der Waals surface area contributed by atoms with Gasteiger partial charge < -0.3 is 0 Å². The maximum Gasteiger partial charge on any atom is 0.256 e. The summed E-state index contributed by atoms with van der Waals surface area (Å²) in [5.41, 5.74) is 0. The second-order valence-electron chi connectivity index (χ2n) is 1.78. The Balaban J connectivity index is 2.93. The molecule has 1 rings (SSSR count). The lowest BCUT2D eigenvalue weighted by molar-refractivity contribution is 0.466. The van der Waals surface area contributed by atoms with Gasteiger partial charge in [0.1, 0.15) is 0 Å². The molecule has 6 heteroatoms. The minimum atomic E-state index is -2.97. The molecule has 11 heavy (non-hydrogen) atoms. The standard InChI is InChI=1S/C5H9N3O2S/c1-6-11(9,10)5-7-3-2-4-8-5/h2-4,6,9-10H,1H3. The lowest BCUT2D eigenvalue weighted by Gasteiger charge is -2.27. The van der Waals surface area contributed by atoms with E-state index in [2.05, 4.69) is 14.7 Å². The van der Waals surface area contributed by atoms with Crippen molar-refractivity contribution in [1.29, 1.82) is 0 Å². The number of aromatic nitrogens is 2. The maximum atomic E-state index is 9.20. The van der Waals surface area contributed by atoms with Crippen LogP contribution in [0.3, 0.4) is 0 Å². The van der Waals surface area contributed by atoms with E-state index in [4.69, 9.17) is 0 Å². The summed E-state index contributed by atoms with van der Waals surface area (Å²) in [6.45, 7) is 0. The zero-order valence-corrected chi connectivity index (χ0v) is 6.75. The van der Waals surface area contributed by atoms with Crippen LogP contribution in [-0.2, 0) is 0 Å². The van der Waals surface area contributed by atoms with Crippen molar-refractivity contribution in [3.8, 4) is 0 Å². The minimum Gasteiger partial charge on any atom is -0.279 e. The van der Waals surface area contributed by atoms with Crippen molar-refractivity contribution in [2.75, 3.05) is 7.05 Å². The van der Waals surface area contributed by atoms with Gasteiger partial charge in [0.2, 0.25) is 0 Å². The highest BCUT2D eigenvalue weighted by Crippen LogP contribution is 2.39. The van der Waals surface area contributed by atoms with Gasteiger partial charge in [0.05, 0.1) is 0 Å². The van der Waals surface area contributed by atoms with Gasteiger partial charge in [0.15, 0.2) is 0 Å². The summed E-state index contributed by atoms with van der Waals surface area (Å²) in [7, 11) is -1.53. The molecule has 0 radical (unpaired) electrons. The van der Waals surface area contributed by atoms with E-state index in [0.29, 0.717) is 0 Å². The Morgan fingerprint density at radius 1 is 1.36 bits per heavy atom. The number of hydrogen-bond acceptors (Lipinski definition) is 5. The summed E-state index contributed by atoms with van der Waals surface area (Å²) >= 11 is 0. The second-order valence-corrected chi connectivity index (χ2v) is 3.66. The largest absolute Gasteiger partial charge is 0.279 e.